The smallest absolute Gasteiger partial charge is 0.323 e. The van der Waals surface area contributed by atoms with Gasteiger partial charge in [-0.2, -0.15) is 4.98 Å². The maximum Gasteiger partial charge on any atom is 0.323 e. The van der Waals surface area contributed by atoms with Gasteiger partial charge < -0.3 is 14.2 Å². The number of hydrogen-bond donors (Lipinski definition) is 0. The van der Waals surface area contributed by atoms with E-state index in [1.54, 1.807) is 50.2 Å². The lowest BCUT2D eigenvalue weighted by molar-refractivity contribution is -0.144. The van der Waals surface area contributed by atoms with E-state index in [1.807, 2.05) is 0 Å². The molecule has 1 unspecified atom stereocenters. The van der Waals surface area contributed by atoms with Crippen LogP contribution in [0, 0.1) is 0 Å². The fourth-order valence-corrected chi connectivity index (χ4v) is 2.07. The molecule has 2 aromatic rings. The van der Waals surface area contributed by atoms with Gasteiger partial charge in [0.1, 0.15) is 0 Å². The normalized spacial score (nSPS) is 12.0. The summed E-state index contributed by atoms with van der Waals surface area (Å²) in [6.07, 6.45) is 0. The molecule has 0 aliphatic heterocycles. The van der Waals surface area contributed by atoms with E-state index in [1.165, 1.54) is 0 Å². The van der Waals surface area contributed by atoms with E-state index in [0.29, 0.717) is 16.5 Å². The first-order valence-corrected chi connectivity index (χ1v) is 6.84. The second kappa shape index (κ2) is 6.58. The van der Waals surface area contributed by atoms with Crippen molar-refractivity contribution in [2.24, 2.45) is 0 Å². The van der Waals surface area contributed by atoms with Crippen LogP contribution < -0.4 is 4.90 Å². The topological polar surface area (TPSA) is 68.5 Å². The number of benzene rings is 1. The predicted octanol–water partition coefficient (Wildman–Crippen LogP) is 2.48. The lowest BCUT2D eigenvalue weighted by Gasteiger charge is -2.13. The van der Waals surface area contributed by atoms with Gasteiger partial charge in [0, 0.05) is 19.1 Å². The Morgan fingerprint density at radius 1 is 1.43 bits per heavy atom. The Morgan fingerprint density at radius 2 is 2.14 bits per heavy atom. The minimum Gasteiger partial charge on any atom is -0.465 e. The molecule has 6 nitrogen and oxygen atoms in total. The molecule has 0 radical (unpaired) electrons. The summed E-state index contributed by atoms with van der Waals surface area (Å²) in [6, 6.07) is 7.01. The number of hydrogen-bond acceptors (Lipinski definition) is 6. The third kappa shape index (κ3) is 3.33. The van der Waals surface area contributed by atoms with Gasteiger partial charge >= 0.3 is 5.97 Å². The highest BCUT2D eigenvalue weighted by atomic mass is 35.5. The van der Waals surface area contributed by atoms with Gasteiger partial charge in [-0.15, -0.1) is 0 Å². The maximum absolute atomic E-state index is 12.3. The van der Waals surface area contributed by atoms with E-state index in [9.17, 15) is 4.79 Å². The summed E-state index contributed by atoms with van der Waals surface area (Å²) >= 11 is 6.17. The molecule has 0 fully saturated rings. The number of esters is 1. The van der Waals surface area contributed by atoms with Crippen molar-refractivity contribution >= 4 is 23.5 Å². The molecular formula is C14H16ClN3O3. The first-order chi connectivity index (χ1) is 10.0. The van der Waals surface area contributed by atoms with E-state index in [2.05, 4.69) is 10.1 Å². The summed E-state index contributed by atoms with van der Waals surface area (Å²) in [4.78, 5) is 18.2. The van der Waals surface area contributed by atoms with Crippen molar-refractivity contribution in [3.63, 3.8) is 0 Å². The van der Waals surface area contributed by atoms with Crippen molar-refractivity contribution in [2.45, 2.75) is 12.8 Å². The lowest BCUT2D eigenvalue weighted by atomic mass is 9.99. The molecule has 0 saturated heterocycles. The molecule has 0 aliphatic carbocycles. The molecule has 7 heteroatoms. The Morgan fingerprint density at radius 3 is 2.71 bits per heavy atom. The average Bonchev–Trinajstić information content (AvgIpc) is 2.91. The van der Waals surface area contributed by atoms with Crippen LogP contribution in [0.1, 0.15) is 24.3 Å². The van der Waals surface area contributed by atoms with Gasteiger partial charge in [0.2, 0.25) is 5.89 Å². The fourth-order valence-electron chi connectivity index (χ4n) is 1.82. The molecule has 1 atom stereocenters. The van der Waals surface area contributed by atoms with Crippen molar-refractivity contribution in [1.82, 2.24) is 10.1 Å². The molecule has 0 aliphatic rings. The van der Waals surface area contributed by atoms with Crippen LogP contribution in [0.5, 0.6) is 0 Å². The fraction of sp³-hybridized carbons (Fsp3) is 0.357. The van der Waals surface area contributed by atoms with Gasteiger partial charge in [0.25, 0.3) is 5.95 Å². The average molecular weight is 310 g/mol. The van der Waals surface area contributed by atoms with Crippen molar-refractivity contribution in [1.29, 1.82) is 0 Å². The van der Waals surface area contributed by atoms with Crippen molar-refractivity contribution < 1.29 is 14.1 Å². The van der Waals surface area contributed by atoms with Crippen LogP contribution in [0.3, 0.4) is 0 Å². The van der Waals surface area contributed by atoms with Crippen molar-refractivity contribution in [2.75, 3.05) is 25.6 Å². The zero-order chi connectivity index (χ0) is 15.4. The summed E-state index contributed by atoms with van der Waals surface area (Å²) in [5.41, 5.74) is 0.576. The molecule has 0 bridgehead atoms. The largest absolute Gasteiger partial charge is 0.465 e. The number of anilines is 1. The van der Waals surface area contributed by atoms with Crippen LogP contribution in [0.25, 0.3) is 0 Å². The molecule has 112 valence electrons. The predicted molar refractivity (Wildman–Crippen MR) is 78.6 cm³/mol. The van der Waals surface area contributed by atoms with Crippen LogP contribution in [0.15, 0.2) is 28.8 Å². The summed E-state index contributed by atoms with van der Waals surface area (Å²) in [7, 11) is 3.56. The number of aromatic nitrogens is 2. The van der Waals surface area contributed by atoms with Gasteiger partial charge in [-0.25, -0.2) is 0 Å². The molecule has 0 N–H and O–H groups in total. The number of ether oxygens (including phenoxy) is 1. The van der Waals surface area contributed by atoms with E-state index in [4.69, 9.17) is 20.9 Å². The number of halogens is 1. The monoisotopic (exact) mass is 309 g/mol. The van der Waals surface area contributed by atoms with Gasteiger partial charge in [0.05, 0.1) is 6.61 Å². The van der Waals surface area contributed by atoms with Crippen LogP contribution in [0.4, 0.5) is 5.95 Å². The van der Waals surface area contributed by atoms with Gasteiger partial charge in [-0.1, -0.05) is 29.8 Å². The Balaban J connectivity index is 2.45. The molecule has 0 spiro atoms. The molecular weight excluding hydrogens is 294 g/mol. The SMILES string of the molecule is CCOC(=O)C(c1nc(N(C)C)no1)c1ccccc1Cl. The molecule has 2 rings (SSSR count). The minimum atomic E-state index is -0.833. The Kier molecular flexibility index (Phi) is 4.80. The van der Waals surface area contributed by atoms with E-state index < -0.39 is 11.9 Å². The number of carbonyl (C=O) groups is 1. The summed E-state index contributed by atoms with van der Waals surface area (Å²) in [5, 5.41) is 4.27. The van der Waals surface area contributed by atoms with E-state index in [0.717, 1.165) is 0 Å². The van der Waals surface area contributed by atoms with Crippen LogP contribution in [0.2, 0.25) is 5.02 Å². The summed E-state index contributed by atoms with van der Waals surface area (Å²) in [5.74, 6) is -0.768. The van der Waals surface area contributed by atoms with Crippen LogP contribution in [-0.4, -0.2) is 36.8 Å². The standard InChI is InChI=1S/C14H16ClN3O3/c1-4-20-13(19)11(9-7-5-6-8-10(9)15)12-16-14(17-21-12)18(2)3/h5-8,11H,4H2,1-3H3. The lowest BCUT2D eigenvalue weighted by Crippen LogP contribution is -2.18. The highest BCUT2D eigenvalue weighted by Gasteiger charge is 2.32. The molecule has 1 aromatic heterocycles. The zero-order valence-corrected chi connectivity index (χ0v) is 12.8. The number of nitrogens with zero attached hydrogens (tertiary/aromatic N) is 3. The Labute approximate surface area is 127 Å². The van der Waals surface area contributed by atoms with Gasteiger partial charge in [-0.3, -0.25) is 4.79 Å². The number of carbonyl (C=O) groups excluding carboxylic acids is 1. The van der Waals surface area contributed by atoms with Crippen molar-refractivity contribution in [3.05, 3.63) is 40.7 Å². The Hall–Kier alpha value is -2.08. The first-order valence-electron chi connectivity index (χ1n) is 6.46. The molecule has 1 aromatic carbocycles. The molecule has 0 amide bonds. The third-order valence-electron chi connectivity index (χ3n) is 2.82. The van der Waals surface area contributed by atoms with Crippen LogP contribution in [-0.2, 0) is 9.53 Å². The van der Waals surface area contributed by atoms with E-state index in [-0.39, 0.29) is 12.5 Å². The zero-order valence-electron chi connectivity index (χ0n) is 12.0. The quantitative estimate of drug-likeness (QED) is 0.790. The summed E-state index contributed by atoms with van der Waals surface area (Å²) in [6.45, 7) is 2.00. The third-order valence-corrected chi connectivity index (χ3v) is 3.16. The maximum atomic E-state index is 12.3. The highest BCUT2D eigenvalue weighted by molar-refractivity contribution is 6.31. The Bertz CT molecular complexity index is 627. The molecule has 21 heavy (non-hydrogen) atoms. The van der Waals surface area contributed by atoms with E-state index >= 15 is 0 Å². The van der Waals surface area contributed by atoms with Gasteiger partial charge in [-0.05, 0) is 23.7 Å². The molecule has 0 saturated carbocycles. The van der Waals surface area contributed by atoms with Crippen molar-refractivity contribution in [3.8, 4) is 0 Å². The highest BCUT2D eigenvalue weighted by Crippen LogP contribution is 2.31. The van der Waals surface area contributed by atoms with Crippen LogP contribution >= 0.6 is 11.6 Å². The summed E-state index contributed by atoms with van der Waals surface area (Å²) < 4.78 is 10.3. The second-order valence-electron chi connectivity index (χ2n) is 4.53. The molecule has 1 heterocycles. The minimum absolute atomic E-state index is 0.158. The number of rotatable bonds is 5. The first kappa shape index (κ1) is 15.3. The second-order valence-corrected chi connectivity index (χ2v) is 4.94. The van der Waals surface area contributed by atoms with Gasteiger partial charge in [0.15, 0.2) is 5.92 Å².